The number of hydrogen-bond acceptors (Lipinski definition) is 4. The summed E-state index contributed by atoms with van der Waals surface area (Å²) in [7, 11) is 4.15. The molecule has 0 bridgehead atoms. The second-order valence-electron chi connectivity index (χ2n) is 7.97. The highest BCUT2D eigenvalue weighted by Crippen LogP contribution is 2.22. The smallest absolute Gasteiger partial charge is 0.213 e. The molecule has 0 aliphatic rings. The molecule has 0 atom stereocenters. The molecule has 2 rings (SSSR count). The maximum atomic E-state index is 5.83. The lowest BCUT2D eigenvalue weighted by Gasteiger charge is -2.13. The first-order chi connectivity index (χ1) is 12.8. The first-order valence-corrected chi connectivity index (χ1v) is 9.48. The Morgan fingerprint density at radius 1 is 1.19 bits per heavy atom. The van der Waals surface area contributed by atoms with Gasteiger partial charge in [-0.1, -0.05) is 45.0 Å². The van der Waals surface area contributed by atoms with E-state index in [9.17, 15) is 0 Å². The summed E-state index contributed by atoms with van der Waals surface area (Å²) in [5.74, 6) is 2.31. The highest BCUT2D eigenvalue weighted by molar-refractivity contribution is 5.79. The summed E-state index contributed by atoms with van der Waals surface area (Å²) in [5.41, 5.74) is 2.44. The standard InChI is InChI=1S/C21H33N5O/c1-7-22-20(25-14-19-23-13-18(27-19)21(2,3)4)24-12-16-9-8-10-17(11-16)15-26(5)6/h8-11,13H,7,12,14-15H2,1-6H3,(H2,22,24,25). The van der Waals surface area contributed by atoms with Crippen LogP contribution < -0.4 is 10.6 Å². The fourth-order valence-corrected chi connectivity index (χ4v) is 2.60. The second kappa shape index (κ2) is 9.55. The van der Waals surface area contributed by atoms with Crippen LogP contribution in [0.15, 0.2) is 39.9 Å². The van der Waals surface area contributed by atoms with Gasteiger partial charge in [-0.05, 0) is 32.1 Å². The lowest BCUT2D eigenvalue weighted by molar-refractivity contribution is 0.379. The predicted molar refractivity (Wildman–Crippen MR) is 111 cm³/mol. The van der Waals surface area contributed by atoms with Crippen LogP contribution in [0.2, 0.25) is 0 Å². The molecule has 0 amide bonds. The molecule has 2 aromatic rings. The number of benzene rings is 1. The maximum Gasteiger partial charge on any atom is 0.213 e. The summed E-state index contributed by atoms with van der Waals surface area (Å²) in [6.07, 6.45) is 1.80. The molecule has 0 fully saturated rings. The van der Waals surface area contributed by atoms with E-state index >= 15 is 0 Å². The largest absolute Gasteiger partial charge is 0.443 e. The molecule has 2 N–H and O–H groups in total. The molecule has 0 aliphatic heterocycles. The Morgan fingerprint density at radius 3 is 2.56 bits per heavy atom. The number of nitrogens with one attached hydrogen (secondary N) is 2. The van der Waals surface area contributed by atoms with Crippen molar-refractivity contribution in [2.75, 3.05) is 20.6 Å². The Morgan fingerprint density at radius 2 is 1.93 bits per heavy atom. The van der Waals surface area contributed by atoms with E-state index in [4.69, 9.17) is 4.42 Å². The van der Waals surface area contributed by atoms with Crippen molar-refractivity contribution in [2.24, 2.45) is 4.99 Å². The number of aliphatic imine (C=N–C) groups is 1. The van der Waals surface area contributed by atoms with Gasteiger partial charge in [0.1, 0.15) is 5.76 Å². The van der Waals surface area contributed by atoms with Crippen molar-refractivity contribution in [3.63, 3.8) is 0 Å². The summed E-state index contributed by atoms with van der Waals surface area (Å²) in [6, 6.07) is 8.55. The molecule has 0 radical (unpaired) electrons. The molecule has 6 nitrogen and oxygen atoms in total. The minimum absolute atomic E-state index is 0.0403. The number of oxazole rings is 1. The van der Waals surface area contributed by atoms with E-state index in [0.29, 0.717) is 19.0 Å². The van der Waals surface area contributed by atoms with Gasteiger partial charge < -0.3 is 20.0 Å². The average Bonchev–Trinajstić information content (AvgIpc) is 3.06. The second-order valence-corrected chi connectivity index (χ2v) is 7.97. The number of nitrogens with zero attached hydrogens (tertiary/aromatic N) is 3. The minimum atomic E-state index is -0.0403. The fraction of sp³-hybridized carbons (Fsp3) is 0.524. The number of aromatic nitrogens is 1. The van der Waals surface area contributed by atoms with Gasteiger partial charge in [-0.15, -0.1) is 0 Å². The topological polar surface area (TPSA) is 65.7 Å². The van der Waals surface area contributed by atoms with Gasteiger partial charge >= 0.3 is 0 Å². The van der Waals surface area contributed by atoms with E-state index in [2.05, 4.69) is 91.6 Å². The zero-order chi connectivity index (χ0) is 19.9. The minimum Gasteiger partial charge on any atom is -0.443 e. The van der Waals surface area contributed by atoms with E-state index in [1.807, 2.05) is 0 Å². The summed E-state index contributed by atoms with van der Waals surface area (Å²) < 4.78 is 5.83. The van der Waals surface area contributed by atoms with E-state index in [1.165, 1.54) is 11.1 Å². The fourth-order valence-electron chi connectivity index (χ4n) is 2.60. The Bertz CT molecular complexity index is 743. The molecule has 0 aliphatic carbocycles. The number of hydrogen-bond donors (Lipinski definition) is 2. The van der Waals surface area contributed by atoms with Crippen molar-refractivity contribution < 1.29 is 4.42 Å². The van der Waals surface area contributed by atoms with Crippen molar-refractivity contribution in [1.82, 2.24) is 20.5 Å². The van der Waals surface area contributed by atoms with Crippen molar-refractivity contribution in [1.29, 1.82) is 0 Å². The summed E-state index contributed by atoms with van der Waals surface area (Å²) in [6.45, 7) is 11.2. The van der Waals surface area contributed by atoms with Gasteiger partial charge in [-0.3, -0.25) is 0 Å². The third kappa shape index (κ3) is 7.06. The van der Waals surface area contributed by atoms with Gasteiger partial charge in [-0.2, -0.15) is 0 Å². The van der Waals surface area contributed by atoms with Gasteiger partial charge in [0.05, 0.1) is 19.3 Å². The van der Waals surface area contributed by atoms with Crippen LogP contribution in [0, 0.1) is 0 Å². The average molecular weight is 372 g/mol. The zero-order valence-electron chi connectivity index (χ0n) is 17.5. The van der Waals surface area contributed by atoms with Crippen LogP contribution in [-0.4, -0.2) is 36.5 Å². The highest BCUT2D eigenvalue weighted by atomic mass is 16.4. The van der Waals surface area contributed by atoms with Crippen LogP contribution in [0.1, 0.15) is 50.5 Å². The van der Waals surface area contributed by atoms with Crippen LogP contribution in [0.25, 0.3) is 0 Å². The lowest BCUT2D eigenvalue weighted by Crippen LogP contribution is -2.36. The monoisotopic (exact) mass is 371 g/mol. The van der Waals surface area contributed by atoms with E-state index in [1.54, 1.807) is 6.20 Å². The predicted octanol–water partition coefficient (Wildman–Crippen LogP) is 3.29. The van der Waals surface area contributed by atoms with E-state index in [0.717, 1.165) is 24.8 Å². The van der Waals surface area contributed by atoms with Crippen molar-refractivity contribution in [2.45, 2.75) is 52.7 Å². The molecule has 1 aromatic carbocycles. The van der Waals surface area contributed by atoms with Gasteiger partial charge in [0, 0.05) is 18.5 Å². The molecule has 0 unspecified atom stereocenters. The molecule has 148 valence electrons. The number of rotatable bonds is 7. The van der Waals surface area contributed by atoms with Crippen LogP contribution in [-0.2, 0) is 25.0 Å². The molecule has 0 saturated carbocycles. The summed E-state index contributed by atoms with van der Waals surface area (Å²) in [5, 5.41) is 6.56. The molecule has 0 spiro atoms. The van der Waals surface area contributed by atoms with E-state index < -0.39 is 0 Å². The summed E-state index contributed by atoms with van der Waals surface area (Å²) >= 11 is 0. The Balaban J connectivity index is 1.99. The van der Waals surface area contributed by atoms with Crippen LogP contribution >= 0.6 is 0 Å². The molecular formula is C21H33N5O. The quantitative estimate of drug-likeness (QED) is 0.577. The Hall–Kier alpha value is -2.34. The first-order valence-electron chi connectivity index (χ1n) is 9.48. The maximum absolute atomic E-state index is 5.83. The van der Waals surface area contributed by atoms with E-state index in [-0.39, 0.29) is 5.41 Å². The molecule has 27 heavy (non-hydrogen) atoms. The molecule has 0 saturated heterocycles. The Kier molecular flexibility index (Phi) is 7.42. The normalized spacial score (nSPS) is 12.5. The molecule has 1 aromatic heterocycles. The molecule has 6 heteroatoms. The van der Waals surface area contributed by atoms with Crippen LogP contribution in [0.5, 0.6) is 0 Å². The van der Waals surface area contributed by atoms with Crippen molar-refractivity contribution in [3.8, 4) is 0 Å². The third-order valence-corrected chi connectivity index (χ3v) is 3.95. The highest BCUT2D eigenvalue weighted by Gasteiger charge is 2.19. The third-order valence-electron chi connectivity index (χ3n) is 3.95. The van der Waals surface area contributed by atoms with Gasteiger partial charge in [0.15, 0.2) is 5.96 Å². The van der Waals surface area contributed by atoms with Gasteiger partial charge in [0.2, 0.25) is 5.89 Å². The molecular weight excluding hydrogens is 338 g/mol. The van der Waals surface area contributed by atoms with Crippen molar-refractivity contribution >= 4 is 5.96 Å². The Labute approximate surface area is 163 Å². The van der Waals surface area contributed by atoms with Crippen molar-refractivity contribution in [3.05, 3.63) is 53.2 Å². The lowest BCUT2D eigenvalue weighted by atomic mass is 9.94. The molecule has 1 heterocycles. The first kappa shape index (κ1) is 21.0. The van der Waals surface area contributed by atoms with Gasteiger partial charge in [-0.25, -0.2) is 9.98 Å². The number of guanidine groups is 1. The van der Waals surface area contributed by atoms with Crippen LogP contribution in [0.4, 0.5) is 0 Å². The zero-order valence-corrected chi connectivity index (χ0v) is 17.5. The van der Waals surface area contributed by atoms with Crippen LogP contribution in [0.3, 0.4) is 0 Å². The SMILES string of the molecule is CCNC(=NCc1cccc(CN(C)C)c1)NCc1ncc(C(C)(C)C)o1. The summed E-state index contributed by atoms with van der Waals surface area (Å²) in [4.78, 5) is 11.2. The van der Waals surface area contributed by atoms with Gasteiger partial charge in [0.25, 0.3) is 0 Å².